The lowest BCUT2D eigenvalue weighted by molar-refractivity contribution is 0.313. The lowest BCUT2D eigenvalue weighted by Crippen LogP contribution is -2.40. The molecular weight excluding hydrogens is 232 g/mol. The maximum atomic E-state index is 6.09. The molecule has 3 rings (SSSR count). The van der Waals surface area contributed by atoms with Gasteiger partial charge in [-0.3, -0.25) is 0 Å². The Hall–Kier alpha value is -0.890. The fourth-order valence-corrected chi connectivity index (χ4v) is 3.33. The van der Waals surface area contributed by atoms with Crippen LogP contribution >= 0.6 is 11.6 Å². The molecule has 0 bridgehead atoms. The number of hydrogen-bond donors (Lipinski definition) is 2. The number of hydrogen-bond acceptors (Lipinski definition) is 2. The van der Waals surface area contributed by atoms with E-state index < -0.39 is 0 Å². The van der Waals surface area contributed by atoms with Gasteiger partial charge in [-0.25, -0.2) is 0 Å². The maximum Gasteiger partial charge on any atom is 0.0595 e. The third kappa shape index (κ3) is 2.23. The van der Waals surface area contributed by atoms with Crippen molar-refractivity contribution in [1.82, 2.24) is 0 Å². The monoisotopic (exact) mass is 250 g/mol. The smallest absolute Gasteiger partial charge is 0.0595 e. The van der Waals surface area contributed by atoms with Crippen LogP contribution in [0.5, 0.6) is 0 Å². The first kappa shape index (κ1) is 11.2. The molecule has 2 N–H and O–H groups in total. The molecule has 1 fully saturated rings. The molecule has 1 heterocycles. The lowest BCUT2D eigenvalue weighted by Gasteiger charge is -2.38. The molecule has 1 spiro atoms. The molecule has 17 heavy (non-hydrogen) atoms. The number of benzene rings is 1. The van der Waals surface area contributed by atoms with Crippen molar-refractivity contribution in [3.63, 3.8) is 0 Å². The second-order valence-electron chi connectivity index (χ2n) is 5.33. The Labute approximate surface area is 108 Å². The number of nitrogens with one attached hydrogen (secondary N) is 2. The summed E-state index contributed by atoms with van der Waals surface area (Å²) in [5.41, 5.74) is 2.68. The van der Waals surface area contributed by atoms with Crippen LogP contribution < -0.4 is 10.6 Å². The highest BCUT2D eigenvalue weighted by atomic mass is 35.5. The summed E-state index contributed by atoms with van der Waals surface area (Å²) in [7, 11) is 0. The van der Waals surface area contributed by atoms with Gasteiger partial charge < -0.3 is 10.6 Å². The van der Waals surface area contributed by atoms with E-state index in [-0.39, 0.29) is 0 Å². The number of anilines is 2. The first-order valence-electron chi connectivity index (χ1n) is 6.59. The first-order chi connectivity index (χ1) is 8.27. The van der Waals surface area contributed by atoms with Crippen molar-refractivity contribution < 1.29 is 0 Å². The van der Waals surface area contributed by atoms with Crippen molar-refractivity contribution in [2.45, 2.75) is 44.1 Å². The summed E-state index contributed by atoms with van der Waals surface area (Å²) in [4.78, 5) is 0. The molecular formula is C14H19ClN2. The molecule has 2 nitrogen and oxygen atoms in total. The molecule has 1 aromatic carbocycles. The van der Waals surface area contributed by atoms with Crippen LogP contribution in [0.15, 0.2) is 18.2 Å². The summed E-state index contributed by atoms with van der Waals surface area (Å²) < 4.78 is 0. The number of halogens is 1. The summed E-state index contributed by atoms with van der Waals surface area (Å²) >= 11 is 6.09. The average Bonchev–Trinajstić information content (AvgIpc) is 2.49. The SMILES string of the molecule is Clc1ccc2c(c1)NC1(CCCCC1)CCN2. The summed E-state index contributed by atoms with van der Waals surface area (Å²) in [6, 6.07) is 6.08. The Balaban J connectivity index is 1.92. The molecule has 0 saturated heterocycles. The molecule has 1 aromatic rings. The van der Waals surface area contributed by atoms with Crippen molar-refractivity contribution in [3.05, 3.63) is 23.2 Å². The molecule has 1 aliphatic carbocycles. The van der Waals surface area contributed by atoms with Crippen LogP contribution in [0.1, 0.15) is 38.5 Å². The molecule has 0 radical (unpaired) electrons. The summed E-state index contributed by atoms with van der Waals surface area (Å²) in [5.74, 6) is 0. The quantitative estimate of drug-likeness (QED) is 0.719. The molecule has 3 heteroatoms. The first-order valence-corrected chi connectivity index (χ1v) is 6.97. The second kappa shape index (κ2) is 4.41. The van der Waals surface area contributed by atoms with Gasteiger partial charge in [-0.05, 0) is 37.5 Å². The topological polar surface area (TPSA) is 24.1 Å². The van der Waals surface area contributed by atoms with Crippen molar-refractivity contribution in [3.8, 4) is 0 Å². The zero-order valence-electron chi connectivity index (χ0n) is 10.1. The highest BCUT2D eigenvalue weighted by Gasteiger charge is 2.33. The highest BCUT2D eigenvalue weighted by Crippen LogP contribution is 2.39. The van der Waals surface area contributed by atoms with E-state index in [1.54, 1.807) is 0 Å². The van der Waals surface area contributed by atoms with Gasteiger partial charge in [0, 0.05) is 17.1 Å². The second-order valence-corrected chi connectivity index (χ2v) is 5.77. The van der Waals surface area contributed by atoms with E-state index in [0.717, 1.165) is 11.6 Å². The molecule has 1 saturated carbocycles. The summed E-state index contributed by atoms with van der Waals surface area (Å²) in [6.07, 6.45) is 7.88. The van der Waals surface area contributed by atoms with Crippen LogP contribution in [0.4, 0.5) is 11.4 Å². The zero-order chi connectivity index (χ0) is 11.7. The third-order valence-electron chi connectivity index (χ3n) is 4.11. The van der Waals surface area contributed by atoms with Gasteiger partial charge in [-0.15, -0.1) is 0 Å². The van der Waals surface area contributed by atoms with Crippen molar-refractivity contribution in [2.75, 3.05) is 17.2 Å². The molecule has 0 atom stereocenters. The molecule has 2 aliphatic rings. The van der Waals surface area contributed by atoms with E-state index in [1.807, 2.05) is 12.1 Å². The largest absolute Gasteiger partial charge is 0.383 e. The van der Waals surface area contributed by atoms with E-state index in [2.05, 4.69) is 16.7 Å². The third-order valence-corrected chi connectivity index (χ3v) is 4.35. The number of fused-ring (bicyclic) bond motifs is 1. The Morgan fingerprint density at radius 3 is 2.65 bits per heavy atom. The van der Waals surface area contributed by atoms with Gasteiger partial charge in [0.25, 0.3) is 0 Å². The summed E-state index contributed by atoms with van der Waals surface area (Å²) in [5, 5.41) is 8.08. The van der Waals surface area contributed by atoms with Crippen molar-refractivity contribution in [2.24, 2.45) is 0 Å². The number of rotatable bonds is 0. The molecule has 0 aromatic heterocycles. The van der Waals surface area contributed by atoms with Gasteiger partial charge >= 0.3 is 0 Å². The normalized spacial score (nSPS) is 22.2. The fraction of sp³-hybridized carbons (Fsp3) is 0.571. The zero-order valence-corrected chi connectivity index (χ0v) is 10.8. The van der Waals surface area contributed by atoms with E-state index >= 15 is 0 Å². The molecule has 1 aliphatic heterocycles. The van der Waals surface area contributed by atoms with Crippen LogP contribution in [0.2, 0.25) is 5.02 Å². The fourth-order valence-electron chi connectivity index (χ4n) is 3.16. The van der Waals surface area contributed by atoms with Crippen LogP contribution in [0.3, 0.4) is 0 Å². The van der Waals surface area contributed by atoms with Gasteiger partial charge in [0.1, 0.15) is 0 Å². The van der Waals surface area contributed by atoms with Gasteiger partial charge in [-0.2, -0.15) is 0 Å². The van der Waals surface area contributed by atoms with Crippen LogP contribution in [0.25, 0.3) is 0 Å². The van der Waals surface area contributed by atoms with Gasteiger partial charge in [0.2, 0.25) is 0 Å². The van der Waals surface area contributed by atoms with Crippen LogP contribution in [0, 0.1) is 0 Å². The van der Waals surface area contributed by atoms with E-state index in [1.165, 1.54) is 49.9 Å². The predicted molar refractivity (Wildman–Crippen MR) is 74.0 cm³/mol. The average molecular weight is 251 g/mol. The Kier molecular flexibility index (Phi) is 2.91. The Bertz CT molecular complexity index is 411. The van der Waals surface area contributed by atoms with Gasteiger partial charge in [0.15, 0.2) is 0 Å². The van der Waals surface area contributed by atoms with Gasteiger partial charge in [-0.1, -0.05) is 30.9 Å². The minimum Gasteiger partial charge on any atom is -0.383 e. The predicted octanol–water partition coefficient (Wildman–Crippen LogP) is 4.27. The Morgan fingerprint density at radius 2 is 1.82 bits per heavy atom. The minimum atomic E-state index is 0.307. The summed E-state index contributed by atoms with van der Waals surface area (Å²) in [6.45, 7) is 1.06. The Morgan fingerprint density at radius 1 is 1.00 bits per heavy atom. The highest BCUT2D eigenvalue weighted by molar-refractivity contribution is 6.31. The van der Waals surface area contributed by atoms with E-state index in [4.69, 9.17) is 11.6 Å². The molecule has 0 amide bonds. The lowest BCUT2D eigenvalue weighted by atomic mass is 9.79. The van der Waals surface area contributed by atoms with Crippen LogP contribution in [-0.2, 0) is 0 Å². The maximum absolute atomic E-state index is 6.09. The van der Waals surface area contributed by atoms with Crippen molar-refractivity contribution in [1.29, 1.82) is 0 Å². The molecule has 92 valence electrons. The minimum absolute atomic E-state index is 0.307. The van der Waals surface area contributed by atoms with E-state index in [9.17, 15) is 0 Å². The molecule has 0 unspecified atom stereocenters. The van der Waals surface area contributed by atoms with E-state index in [0.29, 0.717) is 5.54 Å². The van der Waals surface area contributed by atoms with Crippen molar-refractivity contribution >= 4 is 23.0 Å². The van der Waals surface area contributed by atoms with Gasteiger partial charge in [0.05, 0.1) is 11.4 Å². The standard InChI is InChI=1S/C14H19ClN2/c15-11-4-5-12-13(10-11)17-14(8-9-16-12)6-2-1-3-7-14/h4-5,10,16-17H,1-3,6-9H2. The van der Waals surface area contributed by atoms with Crippen LogP contribution in [-0.4, -0.2) is 12.1 Å².